The van der Waals surface area contributed by atoms with E-state index in [9.17, 15) is 5.11 Å². The molecule has 5 nitrogen and oxygen atoms in total. The molecule has 0 aliphatic carbocycles. The van der Waals surface area contributed by atoms with Crippen molar-refractivity contribution < 1.29 is 9.84 Å². The van der Waals surface area contributed by atoms with E-state index in [1.807, 2.05) is 0 Å². The summed E-state index contributed by atoms with van der Waals surface area (Å²) < 4.78 is 6.94. The molecule has 7 heteroatoms. The Morgan fingerprint density at radius 1 is 1.42 bits per heavy atom. The van der Waals surface area contributed by atoms with Crippen LogP contribution < -0.4 is 0 Å². The molecule has 0 saturated carbocycles. The zero-order valence-electron chi connectivity index (χ0n) is 10.3. The van der Waals surface area contributed by atoms with Crippen LogP contribution in [0, 0.1) is 0 Å². The van der Waals surface area contributed by atoms with E-state index in [1.165, 1.54) is 17.3 Å². The van der Waals surface area contributed by atoms with E-state index in [2.05, 4.69) is 10.1 Å². The van der Waals surface area contributed by atoms with E-state index >= 15 is 0 Å². The standard InChI is InChI=1S/C12H13Cl2N3O2/c1-12(18,6-17-8-15-7-16-17)19-5-9-2-3-10(13)4-11(9)14/h2-4,7-8,18H,5-6H2,1H3. The Bertz CT molecular complexity index is 544. The van der Waals surface area contributed by atoms with Gasteiger partial charge < -0.3 is 9.84 Å². The summed E-state index contributed by atoms with van der Waals surface area (Å²) in [5.74, 6) is -1.36. The van der Waals surface area contributed by atoms with Gasteiger partial charge in [0.2, 0.25) is 0 Å². The fraction of sp³-hybridized carbons (Fsp3) is 0.333. The molecule has 0 bridgehead atoms. The van der Waals surface area contributed by atoms with Gasteiger partial charge in [0, 0.05) is 10.0 Å². The third-order valence-electron chi connectivity index (χ3n) is 2.48. The molecule has 1 unspecified atom stereocenters. The molecule has 19 heavy (non-hydrogen) atoms. The van der Waals surface area contributed by atoms with Crippen LogP contribution in [0.1, 0.15) is 12.5 Å². The maximum absolute atomic E-state index is 10.1. The Hall–Kier alpha value is -1.14. The van der Waals surface area contributed by atoms with Gasteiger partial charge in [-0.3, -0.25) is 0 Å². The molecular weight excluding hydrogens is 289 g/mol. The third kappa shape index (κ3) is 4.18. The largest absolute Gasteiger partial charge is 0.364 e. The summed E-state index contributed by atoms with van der Waals surface area (Å²) >= 11 is 11.8. The molecule has 2 aromatic rings. The molecule has 1 atom stereocenters. The zero-order valence-corrected chi connectivity index (χ0v) is 11.8. The summed E-state index contributed by atoms with van der Waals surface area (Å²) in [6, 6.07) is 5.11. The van der Waals surface area contributed by atoms with Crippen molar-refractivity contribution in [1.82, 2.24) is 14.8 Å². The second kappa shape index (κ2) is 5.88. The second-order valence-electron chi connectivity index (χ2n) is 4.29. The number of nitrogens with zero attached hydrogens (tertiary/aromatic N) is 3. The number of ether oxygens (including phenoxy) is 1. The monoisotopic (exact) mass is 301 g/mol. The van der Waals surface area contributed by atoms with Crippen molar-refractivity contribution in [3.63, 3.8) is 0 Å². The van der Waals surface area contributed by atoms with Gasteiger partial charge in [-0.25, -0.2) is 9.67 Å². The maximum atomic E-state index is 10.1. The number of aliphatic hydroxyl groups is 1. The van der Waals surface area contributed by atoms with Crippen LogP contribution in [0.15, 0.2) is 30.9 Å². The van der Waals surface area contributed by atoms with E-state index in [0.717, 1.165) is 5.56 Å². The van der Waals surface area contributed by atoms with Crippen LogP contribution >= 0.6 is 23.2 Å². The smallest absolute Gasteiger partial charge is 0.182 e. The summed E-state index contributed by atoms with van der Waals surface area (Å²) in [6.45, 7) is 1.91. The average molecular weight is 302 g/mol. The predicted molar refractivity (Wildman–Crippen MR) is 71.9 cm³/mol. The molecule has 0 saturated heterocycles. The number of rotatable bonds is 5. The van der Waals surface area contributed by atoms with Gasteiger partial charge in [-0.2, -0.15) is 5.10 Å². The van der Waals surface area contributed by atoms with Crippen molar-refractivity contribution in [2.24, 2.45) is 0 Å². The van der Waals surface area contributed by atoms with Crippen LogP contribution in [0.3, 0.4) is 0 Å². The SMILES string of the molecule is CC(O)(Cn1cncn1)OCc1ccc(Cl)cc1Cl. The number of hydrogen-bond donors (Lipinski definition) is 1. The molecule has 1 heterocycles. The molecule has 102 valence electrons. The molecule has 1 N–H and O–H groups in total. The van der Waals surface area contributed by atoms with E-state index < -0.39 is 5.79 Å². The molecule has 1 aromatic carbocycles. The van der Waals surface area contributed by atoms with Gasteiger partial charge in [-0.05, 0) is 24.6 Å². The molecule has 0 radical (unpaired) electrons. The Kier molecular flexibility index (Phi) is 4.42. The predicted octanol–water partition coefficient (Wildman–Crippen LogP) is 2.51. The molecule has 2 rings (SSSR count). The highest BCUT2D eigenvalue weighted by atomic mass is 35.5. The topological polar surface area (TPSA) is 60.2 Å². The minimum absolute atomic E-state index is 0.178. The van der Waals surface area contributed by atoms with Gasteiger partial charge in [-0.1, -0.05) is 29.3 Å². The first-order valence-electron chi connectivity index (χ1n) is 5.59. The number of halogens is 2. The minimum atomic E-state index is -1.36. The number of benzene rings is 1. The summed E-state index contributed by atoms with van der Waals surface area (Å²) in [6.07, 6.45) is 2.90. The highest BCUT2D eigenvalue weighted by molar-refractivity contribution is 6.35. The highest BCUT2D eigenvalue weighted by Crippen LogP contribution is 2.23. The van der Waals surface area contributed by atoms with Crippen LogP contribution in [-0.2, 0) is 17.9 Å². The lowest BCUT2D eigenvalue weighted by atomic mass is 10.2. The first kappa shape index (κ1) is 14.3. The molecule has 0 aliphatic heterocycles. The van der Waals surface area contributed by atoms with Gasteiger partial charge in [0.05, 0.1) is 13.2 Å². The Morgan fingerprint density at radius 3 is 2.84 bits per heavy atom. The molecular formula is C12H13Cl2N3O2. The lowest BCUT2D eigenvalue weighted by Gasteiger charge is -2.23. The Labute approximate surface area is 120 Å². The van der Waals surface area contributed by atoms with Crippen molar-refractivity contribution >= 4 is 23.2 Å². The van der Waals surface area contributed by atoms with Crippen LogP contribution in [0.25, 0.3) is 0 Å². The number of hydrogen-bond acceptors (Lipinski definition) is 4. The van der Waals surface area contributed by atoms with Gasteiger partial charge in [0.1, 0.15) is 12.7 Å². The van der Waals surface area contributed by atoms with Crippen molar-refractivity contribution in [1.29, 1.82) is 0 Å². The van der Waals surface area contributed by atoms with Gasteiger partial charge >= 0.3 is 0 Å². The van der Waals surface area contributed by atoms with Gasteiger partial charge in [-0.15, -0.1) is 0 Å². The van der Waals surface area contributed by atoms with E-state index in [4.69, 9.17) is 27.9 Å². The second-order valence-corrected chi connectivity index (χ2v) is 5.14. The lowest BCUT2D eigenvalue weighted by Crippen LogP contribution is -2.33. The fourth-order valence-corrected chi connectivity index (χ4v) is 2.00. The first-order chi connectivity index (χ1) is 8.96. The summed E-state index contributed by atoms with van der Waals surface area (Å²) in [7, 11) is 0. The average Bonchev–Trinajstić information content (AvgIpc) is 2.80. The van der Waals surface area contributed by atoms with Crippen molar-refractivity contribution in [2.75, 3.05) is 0 Å². The molecule has 1 aromatic heterocycles. The van der Waals surface area contributed by atoms with Crippen LogP contribution in [0.5, 0.6) is 0 Å². The van der Waals surface area contributed by atoms with Crippen LogP contribution in [-0.4, -0.2) is 25.7 Å². The quantitative estimate of drug-likeness (QED) is 0.862. The molecule has 0 amide bonds. The zero-order chi connectivity index (χ0) is 13.9. The normalized spacial score (nSPS) is 14.3. The molecule has 0 aliphatic rings. The van der Waals surface area contributed by atoms with Crippen molar-refractivity contribution in [2.45, 2.75) is 25.9 Å². The van der Waals surface area contributed by atoms with E-state index in [1.54, 1.807) is 25.1 Å². The maximum Gasteiger partial charge on any atom is 0.182 e. The van der Waals surface area contributed by atoms with Crippen LogP contribution in [0.4, 0.5) is 0 Å². The minimum Gasteiger partial charge on any atom is -0.364 e. The summed E-state index contributed by atoms with van der Waals surface area (Å²) in [5.41, 5.74) is 0.755. The summed E-state index contributed by atoms with van der Waals surface area (Å²) in [5, 5.41) is 15.1. The van der Waals surface area contributed by atoms with Gasteiger partial charge in [0.25, 0.3) is 0 Å². The Balaban J connectivity index is 1.97. The highest BCUT2D eigenvalue weighted by Gasteiger charge is 2.22. The third-order valence-corrected chi connectivity index (χ3v) is 3.06. The van der Waals surface area contributed by atoms with Crippen molar-refractivity contribution in [3.8, 4) is 0 Å². The lowest BCUT2D eigenvalue weighted by molar-refractivity contribution is -0.207. The van der Waals surface area contributed by atoms with Crippen molar-refractivity contribution in [3.05, 3.63) is 46.5 Å². The Morgan fingerprint density at radius 2 is 2.21 bits per heavy atom. The first-order valence-corrected chi connectivity index (χ1v) is 6.34. The summed E-state index contributed by atoms with van der Waals surface area (Å²) in [4.78, 5) is 3.80. The molecule has 0 fully saturated rings. The fourth-order valence-electron chi connectivity index (χ4n) is 1.53. The molecule has 0 spiro atoms. The van der Waals surface area contributed by atoms with Gasteiger partial charge in [0.15, 0.2) is 5.79 Å². The van der Waals surface area contributed by atoms with E-state index in [0.29, 0.717) is 10.0 Å². The number of aromatic nitrogens is 3. The van der Waals surface area contributed by atoms with Crippen LogP contribution in [0.2, 0.25) is 10.0 Å². The van der Waals surface area contributed by atoms with E-state index in [-0.39, 0.29) is 13.2 Å².